The number of halogens is 1. The first-order valence-corrected chi connectivity index (χ1v) is 8.63. The largest absolute Gasteiger partial charge is 0.350 e. The minimum absolute atomic E-state index is 0.0540. The van der Waals surface area contributed by atoms with Crippen molar-refractivity contribution < 1.29 is 9.18 Å². The summed E-state index contributed by atoms with van der Waals surface area (Å²) in [5, 5.41) is 3.40. The molecule has 0 aliphatic rings. The SMILES string of the molecule is CC(C)NC(=O)c1c(-c2ccccc2)c(C(C)N)nc2ccc(F)cc12. The van der Waals surface area contributed by atoms with Crippen LogP contribution < -0.4 is 11.1 Å². The third-order valence-electron chi connectivity index (χ3n) is 4.12. The monoisotopic (exact) mass is 351 g/mol. The summed E-state index contributed by atoms with van der Waals surface area (Å²) in [6.45, 7) is 5.60. The molecule has 0 aliphatic heterocycles. The number of hydrogen-bond donors (Lipinski definition) is 2. The van der Waals surface area contributed by atoms with Gasteiger partial charge in [-0.15, -0.1) is 0 Å². The second kappa shape index (κ2) is 7.22. The van der Waals surface area contributed by atoms with Crippen LogP contribution in [0.3, 0.4) is 0 Å². The normalized spacial score (nSPS) is 12.4. The van der Waals surface area contributed by atoms with E-state index in [1.165, 1.54) is 12.1 Å². The molecule has 1 unspecified atom stereocenters. The summed E-state index contributed by atoms with van der Waals surface area (Å²) in [5.74, 6) is -0.677. The number of nitrogens with two attached hydrogens (primary N) is 1. The summed E-state index contributed by atoms with van der Waals surface area (Å²) in [5.41, 5.74) is 9.22. The fraction of sp³-hybridized carbons (Fsp3) is 0.238. The van der Waals surface area contributed by atoms with Gasteiger partial charge in [-0.1, -0.05) is 30.3 Å². The molecule has 134 valence electrons. The van der Waals surface area contributed by atoms with E-state index in [9.17, 15) is 9.18 Å². The summed E-state index contributed by atoms with van der Waals surface area (Å²) in [6.07, 6.45) is 0. The molecule has 3 rings (SSSR count). The van der Waals surface area contributed by atoms with E-state index >= 15 is 0 Å². The Morgan fingerprint density at radius 2 is 1.81 bits per heavy atom. The van der Waals surface area contributed by atoms with Crippen molar-refractivity contribution in [2.75, 3.05) is 0 Å². The molecule has 2 aromatic carbocycles. The summed E-state index contributed by atoms with van der Waals surface area (Å²) in [7, 11) is 0. The fourth-order valence-electron chi connectivity index (χ4n) is 3.05. The van der Waals surface area contributed by atoms with E-state index in [2.05, 4.69) is 10.3 Å². The predicted octanol–water partition coefficient (Wildman–Crippen LogP) is 4.20. The number of carbonyl (C=O) groups excluding carboxylic acids is 1. The Balaban J connectivity index is 2.43. The summed E-state index contributed by atoms with van der Waals surface area (Å²) >= 11 is 0. The van der Waals surface area contributed by atoms with Crippen LogP contribution in [-0.4, -0.2) is 16.9 Å². The maximum absolute atomic E-state index is 14.0. The number of benzene rings is 2. The Labute approximate surface area is 152 Å². The number of rotatable bonds is 4. The molecule has 0 radical (unpaired) electrons. The highest BCUT2D eigenvalue weighted by atomic mass is 19.1. The van der Waals surface area contributed by atoms with Gasteiger partial charge in [-0.2, -0.15) is 0 Å². The Bertz CT molecular complexity index is 952. The zero-order valence-electron chi connectivity index (χ0n) is 15.1. The van der Waals surface area contributed by atoms with E-state index in [4.69, 9.17) is 5.73 Å². The lowest BCUT2D eigenvalue weighted by molar-refractivity contribution is 0.0945. The van der Waals surface area contributed by atoms with Crippen LogP contribution in [0.5, 0.6) is 0 Å². The van der Waals surface area contributed by atoms with Crippen molar-refractivity contribution in [1.29, 1.82) is 0 Å². The van der Waals surface area contributed by atoms with Crippen LogP contribution in [0.4, 0.5) is 4.39 Å². The number of amides is 1. The van der Waals surface area contributed by atoms with Gasteiger partial charge in [-0.05, 0) is 44.5 Å². The van der Waals surface area contributed by atoms with Gasteiger partial charge in [0.2, 0.25) is 0 Å². The van der Waals surface area contributed by atoms with E-state index in [-0.39, 0.29) is 18.0 Å². The molecule has 5 heteroatoms. The lowest BCUT2D eigenvalue weighted by Crippen LogP contribution is -2.31. The van der Waals surface area contributed by atoms with E-state index in [0.29, 0.717) is 27.7 Å². The molecular formula is C21H22FN3O. The van der Waals surface area contributed by atoms with Crippen LogP contribution in [0, 0.1) is 5.82 Å². The van der Waals surface area contributed by atoms with Crippen molar-refractivity contribution in [3.63, 3.8) is 0 Å². The van der Waals surface area contributed by atoms with Crippen LogP contribution in [0.1, 0.15) is 42.9 Å². The summed E-state index contributed by atoms with van der Waals surface area (Å²) < 4.78 is 14.0. The number of hydrogen-bond acceptors (Lipinski definition) is 3. The smallest absolute Gasteiger partial charge is 0.252 e. The molecule has 0 saturated heterocycles. The van der Waals surface area contributed by atoms with E-state index in [1.807, 2.05) is 51.1 Å². The van der Waals surface area contributed by atoms with E-state index < -0.39 is 5.82 Å². The standard InChI is InChI=1S/C21H22FN3O/c1-12(2)24-21(26)19-16-11-15(22)9-10-17(16)25-20(13(3)23)18(19)14-7-5-4-6-8-14/h4-13H,23H2,1-3H3,(H,24,26). The second-order valence-electron chi connectivity index (χ2n) is 6.69. The molecule has 0 fully saturated rings. The van der Waals surface area contributed by atoms with Gasteiger partial charge in [0, 0.05) is 23.0 Å². The molecule has 0 bridgehead atoms. The zero-order valence-corrected chi connectivity index (χ0v) is 15.1. The van der Waals surface area contributed by atoms with Crippen LogP contribution in [0.25, 0.3) is 22.0 Å². The van der Waals surface area contributed by atoms with Gasteiger partial charge in [0.05, 0.1) is 16.8 Å². The Hall–Kier alpha value is -2.79. The number of nitrogens with zero attached hydrogens (tertiary/aromatic N) is 1. The molecule has 0 aliphatic carbocycles. The first kappa shape index (κ1) is 18.0. The van der Waals surface area contributed by atoms with Crippen LogP contribution in [0.15, 0.2) is 48.5 Å². The molecule has 1 atom stereocenters. The maximum Gasteiger partial charge on any atom is 0.252 e. The molecule has 0 spiro atoms. The van der Waals surface area contributed by atoms with Gasteiger partial charge >= 0.3 is 0 Å². The summed E-state index contributed by atoms with van der Waals surface area (Å²) in [6, 6.07) is 13.3. The van der Waals surface area contributed by atoms with Crippen molar-refractivity contribution in [3.05, 3.63) is 65.6 Å². The molecule has 4 nitrogen and oxygen atoms in total. The van der Waals surface area contributed by atoms with E-state index in [0.717, 1.165) is 5.56 Å². The van der Waals surface area contributed by atoms with Gasteiger partial charge in [-0.3, -0.25) is 9.78 Å². The average molecular weight is 351 g/mol. The van der Waals surface area contributed by atoms with Crippen molar-refractivity contribution >= 4 is 16.8 Å². The summed E-state index contributed by atoms with van der Waals surface area (Å²) in [4.78, 5) is 17.7. The molecule has 26 heavy (non-hydrogen) atoms. The quantitative estimate of drug-likeness (QED) is 0.740. The Morgan fingerprint density at radius 3 is 2.42 bits per heavy atom. The highest BCUT2D eigenvalue weighted by Gasteiger charge is 2.24. The average Bonchev–Trinajstić information content (AvgIpc) is 2.60. The fourth-order valence-corrected chi connectivity index (χ4v) is 3.05. The Kier molecular flexibility index (Phi) is 5.00. The number of carbonyl (C=O) groups is 1. The predicted molar refractivity (Wildman–Crippen MR) is 102 cm³/mol. The number of aromatic nitrogens is 1. The lowest BCUT2D eigenvalue weighted by atomic mass is 9.91. The lowest BCUT2D eigenvalue weighted by Gasteiger charge is -2.20. The van der Waals surface area contributed by atoms with Crippen molar-refractivity contribution in [3.8, 4) is 11.1 Å². The number of pyridine rings is 1. The van der Waals surface area contributed by atoms with Crippen LogP contribution >= 0.6 is 0 Å². The van der Waals surface area contributed by atoms with Crippen molar-refractivity contribution in [1.82, 2.24) is 10.3 Å². The number of nitrogens with one attached hydrogen (secondary N) is 1. The van der Waals surface area contributed by atoms with Gasteiger partial charge < -0.3 is 11.1 Å². The molecule has 3 N–H and O–H groups in total. The molecule has 3 aromatic rings. The molecule has 1 amide bonds. The van der Waals surface area contributed by atoms with Gasteiger partial charge in [-0.25, -0.2) is 4.39 Å². The van der Waals surface area contributed by atoms with Gasteiger partial charge in [0.15, 0.2) is 0 Å². The highest BCUT2D eigenvalue weighted by molar-refractivity contribution is 6.12. The third-order valence-corrected chi connectivity index (χ3v) is 4.12. The molecule has 1 heterocycles. The molecular weight excluding hydrogens is 329 g/mol. The van der Waals surface area contributed by atoms with Gasteiger partial charge in [0.25, 0.3) is 5.91 Å². The van der Waals surface area contributed by atoms with Crippen LogP contribution in [-0.2, 0) is 0 Å². The van der Waals surface area contributed by atoms with Crippen molar-refractivity contribution in [2.24, 2.45) is 5.73 Å². The first-order valence-electron chi connectivity index (χ1n) is 8.63. The minimum atomic E-state index is -0.412. The highest BCUT2D eigenvalue weighted by Crippen LogP contribution is 2.35. The maximum atomic E-state index is 14.0. The second-order valence-corrected chi connectivity index (χ2v) is 6.69. The Morgan fingerprint density at radius 1 is 1.12 bits per heavy atom. The molecule has 1 aromatic heterocycles. The minimum Gasteiger partial charge on any atom is -0.350 e. The van der Waals surface area contributed by atoms with E-state index in [1.54, 1.807) is 6.07 Å². The number of fused-ring (bicyclic) bond motifs is 1. The topological polar surface area (TPSA) is 68.0 Å². The molecule has 0 saturated carbocycles. The zero-order chi connectivity index (χ0) is 18.8. The van der Waals surface area contributed by atoms with Crippen molar-refractivity contribution in [2.45, 2.75) is 32.9 Å². The van der Waals surface area contributed by atoms with Crippen LogP contribution in [0.2, 0.25) is 0 Å². The first-order chi connectivity index (χ1) is 12.4. The third kappa shape index (κ3) is 3.44. The van der Waals surface area contributed by atoms with Gasteiger partial charge in [0.1, 0.15) is 5.82 Å².